The van der Waals surface area contributed by atoms with Gasteiger partial charge in [-0.05, 0) is 44.7 Å². The average molecular weight is 191 g/mol. The van der Waals surface area contributed by atoms with Crippen molar-refractivity contribution in [3.05, 3.63) is 23.8 Å². The van der Waals surface area contributed by atoms with E-state index >= 15 is 0 Å². The average Bonchev–Trinajstić information content (AvgIpc) is 2.66. The van der Waals surface area contributed by atoms with Crippen LogP contribution in [0.1, 0.15) is 31.2 Å². The Labute approximate surface area is 85.1 Å². The van der Waals surface area contributed by atoms with Crippen LogP contribution in [-0.2, 0) is 0 Å². The lowest BCUT2D eigenvalue weighted by atomic mass is 10.2. The third-order valence-electron chi connectivity index (χ3n) is 2.92. The van der Waals surface area contributed by atoms with Gasteiger partial charge in [-0.1, -0.05) is 6.07 Å². The van der Waals surface area contributed by atoms with Gasteiger partial charge in [0.1, 0.15) is 5.75 Å². The second kappa shape index (κ2) is 3.91. The fraction of sp³-hybridized carbons (Fsp3) is 0.500. The van der Waals surface area contributed by atoms with Gasteiger partial charge in [-0.2, -0.15) is 0 Å². The Morgan fingerprint density at radius 3 is 2.71 bits per heavy atom. The molecule has 76 valence electrons. The summed E-state index contributed by atoms with van der Waals surface area (Å²) in [5.74, 6) is 0.955. The molecule has 0 bridgehead atoms. The summed E-state index contributed by atoms with van der Waals surface area (Å²) in [4.78, 5) is 0. The maximum Gasteiger partial charge on any atom is 0.124 e. The molecule has 14 heavy (non-hydrogen) atoms. The van der Waals surface area contributed by atoms with Crippen molar-refractivity contribution in [1.82, 2.24) is 0 Å². The summed E-state index contributed by atoms with van der Waals surface area (Å²) in [5.41, 5.74) is 7.70. The Morgan fingerprint density at radius 1 is 1.29 bits per heavy atom. The van der Waals surface area contributed by atoms with Gasteiger partial charge in [0.25, 0.3) is 0 Å². The molecular formula is C12H17NO. The van der Waals surface area contributed by atoms with Crippen molar-refractivity contribution in [2.24, 2.45) is 0 Å². The summed E-state index contributed by atoms with van der Waals surface area (Å²) < 4.78 is 5.91. The van der Waals surface area contributed by atoms with Crippen LogP contribution in [-0.4, -0.2) is 6.10 Å². The molecule has 0 atom stereocenters. The molecule has 1 aliphatic rings. The van der Waals surface area contributed by atoms with Crippen molar-refractivity contribution in [1.29, 1.82) is 0 Å². The summed E-state index contributed by atoms with van der Waals surface area (Å²) in [6.07, 6.45) is 5.39. The minimum absolute atomic E-state index is 0.412. The first-order valence-electron chi connectivity index (χ1n) is 5.29. The zero-order valence-corrected chi connectivity index (χ0v) is 8.62. The predicted octanol–water partition coefficient (Wildman–Crippen LogP) is 2.90. The van der Waals surface area contributed by atoms with E-state index in [1.165, 1.54) is 25.7 Å². The molecule has 0 heterocycles. The summed E-state index contributed by atoms with van der Waals surface area (Å²) in [6.45, 7) is 2.01. The molecule has 2 heteroatoms. The lowest BCUT2D eigenvalue weighted by Crippen LogP contribution is -2.11. The first-order chi connectivity index (χ1) is 6.77. The molecule has 0 amide bonds. The number of anilines is 1. The van der Waals surface area contributed by atoms with Crippen molar-refractivity contribution < 1.29 is 4.74 Å². The second-order valence-corrected chi connectivity index (χ2v) is 3.99. The van der Waals surface area contributed by atoms with Gasteiger partial charge in [-0.15, -0.1) is 0 Å². The van der Waals surface area contributed by atoms with Crippen LogP contribution in [0, 0.1) is 6.92 Å². The number of hydrogen-bond acceptors (Lipinski definition) is 2. The molecule has 1 saturated carbocycles. The lowest BCUT2D eigenvalue weighted by Gasteiger charge is -2.15. The van der Waals surface area contributed by atoms with Gasteiger partial charge >= 0.3 is 0 Å². The first-order valence-corrected chi connectivity index (χ1v) is 5.29. The Balaban J connectivity index is 2.11. The molecule has 1 aliphatic carbocycles. The van der Waals surface area contributed by atoms with Crippen molar-refractivity contribution in [2.75, 3.05) is 5.73 Å². The van der Waals surface area contributed by atoms with E-state index in [1.54, 1.807) is 0 Å². The van der Waals surface area contributed by atoms with Crippen LogP contribution >= 0.6 is 0 Å². The molecule has 2 nitrogen and oxygen atoms in total. The fourth-order valence-electron chi connectivity index (χ4n) is 1.94. The zero-order chi connectivity index (χ0) is 9.97. The van der Waals surface area contributed by atoms with Gasteiger partial charge in [0.2, 0.25) is 0 Å². The van der Waals surface area contributed by atoms with E-state index in [9.17, 15) is 0 Å². The molecular weight excluding hydrogens is 174 g/mol. The highest BCUT2D eigenvalue weighted by molar-refractivity contribution is 5.53. The van der Waals surface area contributed by atoms with E-state index in [0.717, 1.165) is 17.0 Å². The highest BCUT2D eigenvalue weighted by Crippen LogP contribution is 2.28. The Kier molecular flexibility index (Phi) is 2.62. The van der Waals surface area contributed by atoms with E-state index in [2.05, 4.69) is 0 Å². The van der Waals surface area contributed by atoms with Crippen molar-refractivity contribution in [3.63, 3.8) is 0 Å². The molecule has 1 aromatic rings. The van der Waals surface area contributed by atoms with Gasteiger partial charge in [0.15, 0.2) is 0 Å². The van der Waals surface area contributed by atoms with Crippen molar-refractivity contribution in [3.8, 4) is 5.75 Å². The van der Waals surface area contributed by atoms with Crippen LogP contribution in [0.4, 0.5) is 5.69 Å². The smallest absolute Gasteiger partial charge is 0.124 e. The van der Waals surface area contributed by atoms with E-state index in [-0.39, 0.29) is 0 Å². The largest absolute Gasteiger partial charge is 0.490 e. The zero-order valence-electron chi connectivity index (χ0n) is 8.62. The third-order valence-corrected chi connectivity index (χ3v) is 2.92. The van der Waals surface area contributed by atoms with Gasteiger partial charge in [-0.25, -0.2) is 0 Å². The number of nitrogen functional groups attached to an aromatic ring is 1. The van der Waals surface area contributed by atoms with E-state index < -0.39 is 0 Å². The highest BCUT2D eigenvalue weighted by atomic mass is 16.5. The number of nitrogens with two attached hydrogens (primary N) is 1. The first kappa shape index (κ1) is 9.38. The SMILES string of the molecule is Cc1c(N)cccc1OC1CCCC1. The maximum atomic E-state index is 5.91. The fourth-order valence-corrected chi connectivity index (χ4v) is 1.94. The molecule has 0 radical (unpaired) electrons. The summed E-state index contributed by atoms with van der Waals surface area (Å²) >= 11 is 0. The normalized spacial score (nSPS) is 17.2. The lowest BCUT2D eigenvalue weighted by molar-refractivity contribution is 0.209. The monoisotopic (exact) mass is 191 g/mol. The Morgan fingerprint density at radius 2 is 2.00 bits per heavy atom. The van der Waals surface area contributed by atoms with Crippen molar-refractivity contribution >= 4 is 5.69 Å². The number of hydrogen-bond donors (Lipinski definition) is 1. The predicted molar refractivity (Wildman–Crippen MR) is 58.5 cm³/mol. The van der Waals surface area contributed by atoms with Crippen LogP contribution in [0.2, 0.25) is 0 Å². The third kappa shape index (κ3) is 1.84. The molecule has 1 aromatic carbocycles. The topological polar surface area (TPSA) is 35.2 Å². The van der Waals surface area contributed by atoms with Crippen LogP contribution in [0.15, 0.2) is 18.2 Å². The van der Waals surface area contributed by atoms with E-state index in [1.807, 2.05) is 25.1 Å². The molecule has 2 rings (SSSR count). The summed E-state index contributed by atoms with van der Waals surface area (Å²) in [6, 6.07) is 5.87. The van der Waals surface area contributed by atoms with Gasteiger partial charge in [-0.3, -0.25) is 0 Å². The summed E-state index contributed by atoms with van der Waals surface area (Å²) in [5, 5.41) is 0. The number of ether oxygens (including phenoxy) is 1. The maximum absolute atomic E-state index is 5.91. The van der Waals surface area contributed by atoms with Crippen LogP contribution < -0.4 is 10.5 Å². The summed E-state index contributed by atoms with van der Waals surface area (Å²) in [7, 11) is 0. The minimum Gasteiger partial charge on any atom is -0.490 e. The molecule has 1 fully saturated rings. The van der Waals surface area contributed by atoms with Crippen molar-refractivity contribution in [2.45, 2.75) is 38.7 Å². The molecule has 0 aromatic heterocycles. The molecule has 0 spiro atoms. The highest BCUT2D eigenvalue weighted by Gasteiger charge is 2.17. The van der Waals surface area contributed by atoms with Gasteiger partial charge < -0.3 is 10.5 Å². The van der Waals surface area contributed by atoms with Crippen LogP contribution in [0.25, 0.3) is 0 Å². The van der Waals surface area contributed by atoms with E-state index in [4.69, 9.17) is 10.5 Å². The molecule has 0 saturated heterocycles. The minimum atomic E-state index is 0.412. The molecule has 0 unspecified atom stereocenters. The Hall–Kier alpha value is -1.18. The Bertz CT molecular complexity index is 316. The van der Waals surface area contributed by atoms with Gasteiger partial charge in [0, 0.05) is 11.3 Å². The van der Waals surface area contributed by atoms with Crippen LogP contribution in [0.5, 0.6) is 5.75 Å². The standard InChI is InChI=1S/C12H17NO/c1-9-11(13)7-4-8-12(9)14-10-5-2-3-6-10/h4,7-8,10H,2-3,5-6,13H2,1H3. The quantitative estimate of drug-likeness (QED) is 0.729. The molecule has 2 N–H and O–H groups in total. The number of benzene rings is 1. The second-order valence-electron chi connectivity index (χ2n) is 3.99. The number of rotatable bonds is 2. The molecule has 0 aliphatic heterocycles. The van der Waals surface area contributed by atoms with Crippen LogP contribution in [0.3, 0.4) is 0 Å². The van der Waals surface area contributed by atoms with E-state index in [0.29, 0.717) is 6.10 Å². The van der Waals surface area contributed by atoms with Gasteiger partial charge in [0.05, 0.1) is 6.10 Å².